The minimum Gasteiger partial charge on any atom is -0.393 e. The van der Waals surface area contributed by atoms with Crippen molar-refractivity contribution in [1.82, 2.24) is 19.5 Å². The van der Waals surface area contributed by atoms with Crippen LogP contribution in [0.3, 0.4) is 0 Å². The average Bonchev–Trinajstić information content (AvgIpc) is 3.27. The number of hydrogen-bond acceptors (Lipinski definition) is 7. The molecule has 166 valence electrons. The van der Waals surface area contributed by atoms with Crippen LogP contribution in [0.5, 0.6) is 0 Å². The monoisotopic (exact) mass is 432 g/mol. The van der Waals surface area contributed by atoms with E-state index in [-0.39, 0.29) is 12.6 Å². The second-order valence-corrected chi connectivity index (χ2v) is 7.93. The summed E-state index contributed by atoms with van der Waals surface area (Å²) in [6.45, 7) is 4.51. The largest absolute Gasteiger partial charge is 0.393 e. The normalized spacial score (nSPS) is 12.3. The van der Waals surface area contributed by atoms with Crippen molar-refractivity contribution >= 4 is 22.9 Å². The number of nitrogens with zero attached hydrogens (tertiary/aromatic N) is 4. The van der Waals surface area contributed by atoms with Gasteiger partial charge in [-0.15, -0.1) is 0 Å². The highest BCUT2D eigenvalue weighted by atomic mass is 16.3. The van der Waals surface area contributed by atoms with E-state index in [4.69, 9.17) is 5.11 Å². The van der Waals surface area contributed by atoms with Gasteiger partial charge in [-0.3, -0.25) is 0 Å². The number of aromatic nitrogens is 4. The molecule has 2 aromatic heterocycles. The van der Waals surface area contributed by atoms with Crippen LogP contribution in [0.25, 0.3) is 22.3 Å². The van der Waals surface area contributed by atoms with E-state index in [0.29, 0.717) is 23.9 Å². The summed E-state index contributed by atoms with van der Waals surface area (Å²) in [5.41, 5.74) is 5.49. The molecule has 2 aromatic carbocycles. The first-order chi connectivity index (χ1) is 15.5. The summed E-state index contributed by atoms with van der Waals surface area (Å²) < 4.78 is 2.03. The third-order valence-corrected chi connectivity index (χ3v) is 5.42. The van der Waals surface area contributed by atoms with E-state index in [1.165, 1.54) is 0 Å². The molecule has 0 saturated carbocycles. The second-order valence-electron chi connectivity index (χ2n) is 7.93. The lowest BCUT2D eigenvalue weighted by atomic mass is 10.0. The fraction of sp³-hybridized carbons (Fsp3) is 0.292. The van der Waals surface area contributed by atoms with Crippen LogP contribution >= 0.6 is 0 Å². The molecule has 0 radical (unpaired) electrons. The third-order valence-electron chi connectivity index (χ3n) is 5.42. The molecule has 1 unspecified atom stereocenters. The number of fused-ring (bicyclic) bond motifs is 1. The molecule has 0 fully saturated rings. The van der Waals surface area contributed by atoms with Gasteiger partial charge in [0.15, 0.2) is 17.0 Å². The number of aliphatic hydroxyl groups excluding tert-OH is 2. The van der Waals surface area contributed by atoms with E-state index >= 15 is 0 Å². The molecule has 4 N–H and O–H groups in total. The Morgan fingerprint density at radius 1 is 0.969 bits per heavy atom. The molecular weight excluding hydrogens is 404 g/mol. The number of rotatable bonds is 8. The van der Waals surface area contributed by atoms with Crippen LogP contribution in [0.2, 0.25) is 0 Å². The van der Waals surface area contributed by atoms with Gasteiger partial charge in [0.2, 0.25) is 5.95 Å². The summed E-state index contributed by atoms with van der Waals surface area (Å²) in [7, 11) is 1.80. The van der Waals surface area contributed by atoms with Crippen molar-refractivity contribution in [3.8, 4) is 11.1 Å². The molecule has 0 amide bonds. The zero-order valence-corrected chi connectivity index (χ0v) is 18.4. The summed E-state index contributed by atoms with van der Waals surface area (Å²) in [6, 6.07) is 16.1. The Morgan fingerprint density at radius 2 is 1.62 bits per heavy atom. The molecule has 2 heterocycles. The van der Waals surface area contributed by atoms with Gasteiger partial charge in [-0.05, 0) is 36.1 Å². The average molecular weight is 433 g/mol. The second kappa shape index (κ2) is 9.33. The lowest BCUT2D eigenvalue weighted by molar-refractivity contribution is 0.0956. The van der Waals surface area contributed by atoms with E-state index in [0.717, 1.165) is 27.9 Å². The zero-order chi connectivity index (χ0) is 22.7. The molecule has 0 aliphatic carbocycles. The summed E-state index contributed by atoms with van der Waals surface area (Å²) in [5, 5.41) is 25.2. The number of benzene rings is 2. The van der Waals surface area contributed by atoms with E-state index in [1.54, 1.807) is 13.4 Å². The Bertz CT molecular complexity index is 1190. The molecule has 8 nitrogen and oxygen atoms in total. The van der Waals surface area contributed by atoms with Crippen LogP contribution in [-0.2, 0) is 6.54 Å². The van der Waals surface area contributed by atoms with Crippen LogP contribution in [0.4, 0.5) is 11.8 Å². The standard InChI is InChI=1S/C24H28N6O2/c1-15(2)30-14-27-21-22(28-24(25-3)29-23(21)30)26-12-16-4-6-17(7-5-16)18-8-10-19(11-9-18)20(32)13-31/h4-11,14-15,20,31-32H,12-13H2,1-3H3,(H2,25,26,28,29). The summed E-state index contributed by atoms with van der Waals surface area (Å²) in [5.74, 6) is 1.24. The third kappa shape index (κ3) is 4.42. The van der Waals surface area contributed by atoms with Crippen LogP contribution in [0.1, 0.15) is 37.1 Å². The lowest BCUT2D eigenvalue weighted by Crippen LogP contribution is -2.07. The Kier molecular flexibility index (Phi) is 6.34. The van der Waals surface area contributed by atoms with Crippen molar-refractivity contribution in [2.45, 2.75) is 32.5 Å². The molecule has 0 bridgehead atoms. The SMILES string of the molecule is CNc1nc(NCc2ccc(-c3ccc(C(O)CO)cc3)cc2)c2ncn(C(C)C)c2n1. The first-order valence-electron chi connectivity index (χ1n) is 10.6. The summed E-state index contributed by atoms with van der Waals surface area (Å²) in [6.07, 6.45) is 0.954. The molecular formula is C24H28N6O2. The van der Waals surface area contributed by atoms with Gasteiger partial charge >= 0.3 is 0 Å². The van der Waals surface area contributed by atoms with Crippen molar-refractivity contribution in [3.05, 3.63) is 66.0 Å². The van der Waals surface area contributed by atoms with Crippen molar-refractivity contribution in [3.63, 3.8) is 0 Å². The lowest BCUT2D eigenvalue weighted by Gasteiger charge is -2.11. The zero-order valence-electron chi connectivity index (χ0n) is 18.4. The van der Waals surface area contributed by atoms with Gasteiger partial charge in [-0.1, -0.05) is 48.5 Å². The van der Waals surface area contributed by atoms with Gasteiger partial charge in [0.1, 0.15) is 6.10 Å². The Morgan fingerprint density at radius 3 is 2.22 bits per heavy atom. The van der Waals surface area contributed by atoms with Crippen molar-refractivity contribution in [1.29, 1.82) is 0 Å². The van der Waals surface area contributed by atoms with Crippen molar-refractivity contribution < 1.29 is 10.2 Å². The van der Waals surface area contributed by atoms with Crippen LogP contribution in [-0.4, -0.2) is 43.4 Å². The molecule has 8 heteroatoms. The van der Waals surface area contributed by atoms with Gasteiger partial charge in [-0.25, -0.2) is 4.98 Å². The predicted octanol–water partition coefficient (Wildman–Crippen LogP) is 3.75. The fourth-order valence-corrected chi connectivity index (χ4v) is 3.53. The maximum absolute atomic E-state index is 9.73. The molecule has 4 aromatic rings. The number of imidazole rings is 1. The fourth-order valence-electron chi connectivity index (χ4n) is 3.53. The maximum Gasteiger partial charge on any atom is 0.226 e. The Hall–Kier alpha value is -3.49. The van der Waals surface area contributed by atoms with Gasteiger partial charge in [0.25, 0.3) is 0 Å². The highest BCUT2D eigenvalue weighted by Crippen LogP contribution is 2.25. The number of anilines is 2. The van der Waals surface area contributed by atoms with E-state index < -0.39 is 6.10 Å². The molecule has 0 aliphatic rings. The van der Waals surface area contributed by atoms with Gasteiger partial charge in [0, 0.05) is 19.6 Å². The van der Waals surface area contributed by atoms with Crippen LogP contribution < -0.4 is 10.6 Å². The van der Waals surface area contributed by atoms with E-state index in [2.05, 4.69) is 63.7 Å². The predicted molar refractivity (Wildman–Crippen MR) is 127 cm³/mol. The number of aliphatic hydroxyl groups is 2. The minimum atomic E-state index is -0.846. The molecule has 0 aliphatic heterocycles. The highest BCUT2D eigenvalue weighted by Gasteiger charge is 2.14. The van der Waals surface area contributed by atoms with Gasteiger partial charge in [-0.2, -0.15) is 9.97 Å². The van der Waals surface area contributed by atoms with Gasteiger partial charge < -0.3 is 25.4 Å². The first kappa shape index (κ1) is 21.7. The maximum atomic E-state index is 9.73. The minimum absolute atomic E-state index is 0.251. The van der Waals surface area contributed by atoms with Crippen LogP contribution in [0, 0.1) is 0 Å². The molecule has 1 atom stereocenters. The van der Waals surface area contributed by atoms with E-state index in [1.807, 2.05) is 28.8 Å². The van der Waals surface area contributed by atoms with Crippen LogP contribution in [0.15, 0.2) is 54.9 Å². The molecule has 4 rings (SSSR count). The first-order valence-corrected chi connectivity index (χ1v) is 10.6. The van der Waals surface area contributed by atoms with Gasteiger partial charge in [0.05, 0.1) is 12.9 Å². The van der Waals surface area contributed by atoms with E-state index in [9.17, 15) is 5.11 Å². The molecule has 0 spiro atoms. The topological polar surface area (TPSA) is 108 Å². The van der Waals surface area contributed by atoms with Crippen molar-refractivity contribution in [2.24, 2.45) is 0 Å². The highest BCUT2D eigenvalue weighted by molar-refractivity contribution is 5.84. The summed E-state index contributed by atoms with van der Waals surface area (Å²) in [4.78, 5) is 13.6. The number of hydrogen-bond donors (Lipinski definition) is 4. The smallest absolute Gasteiger partial charge is 0.226 e. The Labute approximate surface area is 187 Å². The summed E-state index contributed by atoms with van der Waals surface area (Å²) >= 11 is 0. The molecule has 32 heavy (non-hydrogen) atoms. The Balaban J connectivity index is 1.51. The molecule has 0 saturated heterocycles. The quantitative estimate of drug-likeness (QED) is 0.336. The number of nitrogens with one attached hydrogen (secondary N) is 2. The van der Waals surface area contributed by atoms with Crippen molar-refractivity contribution in [2.75, 3.05) is 24.3 Å².